The number of nitrogens with zero attached hydrogens (tertiary/aromatic N) is 1. The third-order valence-corrected chi connectivity index (χ3v) is 4.94. The number of carbonyl (C=O) groups is 2. The van der Waals surface area contributed by atoms with Crippen LogP contribution in [0.3, 0.4) is 0 Å². The summed E-state index contributed by atoms with van der Waals surface area (Å²) in [6.07, 6.45) is 7.56. The molecule has 0 radical (unpaired) electrons. The van der Waals surface area contributed by atoms with Crippen molar-refractivity contribution >= 4 is 28.9 Å². The number of carbonyl (C=O) groups excluding carboxylic acids is 2. The van der Waals surface area contributed by atoms with Crippen molar-refractivity contribution in [3.05, 3.63) is 73.1 Å². The molecule has 0 saturated heterocycles. The molecule has 0 aliphatic carbocycles. The van der Waals surface area contributed by atoms with Gasteiger partial charge in [0.15, 0.2) is 0 Å². The molecule has 0 atom stereocenters. The van der Waals surface area contributed by atoms with Gasteiger partial charge in [0.1, 0.15) is 0 Å². The smallest absolute Gasteiger partial charge is 0.224 e. The number of hydrogen-bond acceptors (Lipinski definition) is 4. The highest BCUT2D eigenvalue weighted by Crippen LogP contribution is 2.27. The van der Waals surface area contributed by atoms with Crippen LogP contribution in [-0.4, -0.2) is 16.8 Å². The van der Waals surface area contributed by atoms with Crippen molar-refractivity contribution in [2.75, 3.05) is 16.4 Å². The van der Waals surface area contributed by atoms with E-state index in [0.717, 1.165) is 36.8 Å². The van der Waals surface area contributed by atoms with Crippen LogP contribution in [0.15, 0.2) is 73.1 Å². The van der Waals surface area contributed by atoms with Crippen molar-refractivity contribution in [2.24, 2.45) is 0 Å². The highest BCUT2D eigenvalue weighted by Gasteiger charge is 2.07. The summed E-state index contributed by atoms with van der Waals surface area (Å²) in [4.78, 5) is 28.1. The van der Waals surface area contributed by atoms with Crippen molar-refractivity contribution in [2.45, 2.75) is 38.5 Å². The predicted octanol–water partition coefficient (Wildman–Crippen LogP) is 5.25. The molecule has 4 N–H and O–H groups in total. The Balaban J connectivity index is 1.33. The summed E-state index contributed by atoms with van der Waals surface area (Å²) in [7, 11) is 0. The van der Waals surface area contributed by atoms with E-state index < -0.39 is 0 Å². The summed E-state index contributed by atoms with van der Waals surface area (Å²) in [5.74, 6) is -0.0614. The standard InChI is InChI=1S/C25H28N4O2/c26-22-17-20(19-9-4-3-5-10-19)14-15-23(22)29-25(31)13-7-2-1-6-12-24(30)28-21-11-8-16-27-18-21/h3-5,8-11,14-18H,1-2,6-7,12-13,26H2,(H,28,30)(H,29,31). The fraction of sp³-hybridized carbons (Fsp3) is 0.240. The first-order valence-electron chi connectivity index (χ1n) is 10.6. The Morgan fingerprint density at radius 3 is 2.13 bits per heavy atom. The van der Waals surface area contributed by atoms with Crippen LogP contribution >= 0.6 is 0 Å². The zero-order valence-corrected chi connectivity index (χ0v) is 17.5. The summed E-state index contributed by atoms with van der Waals surface area (Å²) >= 11 is 0. The minimum Gasteiger partial charge on any atom is -0.397 e. The fourth-order valence-corrected chi connectivity index (χ4v) is 3.28. The van der Waals surface area contributed by atoms with Crippen molar-refractivity contribution in [3.8, 4) is 11.1 Å². The van der Waals surface area contributed by atoms with Crippen molar-refractivity contribution < 1.29 is 9.59 Å². The Kier molecular flexibility index (Phi) is 8.17. The van der Waals surface area contributed by atoms with E-state index in [4.69, 9.17) is 5.73 Å². The Morgan fingerprint density at radius 1 is 0.774 bits per heavy atom. The molecule has 0 unspecified atom stereocenters. The van der Waals surface area contributed by atoms with Gasteiger partial charge in [0, 0.05) is 19.0 Å². The van der Waals surface area contributed by atoms with Crippen LogP contribution in [0.2, 0.25) is 0 Å². The lowest BCUT2D eigenvalue weighted by molar-refractivity contribution is -0.117. The van der Waals surface area contributed by atoms with Crippen LogP contribution in [0.1, 0.15) is 38.5 Å². The van der Waals surface area contributed by atoms with Crippen LogP contribution < -0.4 is 16.4 Å². The second-order valence-electron chi connectivity index (χ2n) is 7.42. The highest BCUT2D eigenvalue weighted by atomic mass is 16.2. The average Bonchev–Trinajstić information content (AvgIpc) is 2.79. The van der Waals surface area contributed by atoms with E-state index in [0.29, 0.717) is 29.9 Å². The van der Waals surface area contributed by atoms with Gasteiger partial charge in [-0.1, -0.05) is 49.2 Å². The topological polar surface area (TPSA) is 97.1 Å². The number of rotatable bonds is 10. The maximum Gasteiger partial charge on any atom is 0.224 e. The Hall–Kier alpha value is -3.67. The Labute approximate surface area is 182 Å². The number of nitrogens with two attached hydrogens (primary N) is 1. The molecule has 0 aliphatic rings. The van der Waals surface area contributed by atoms with Gasteiger partial charge in [-0.05, 0) is 48.2 Å². The zero-order chi connectivity index (χ0) is 21.9. The second-order valence-corrected chi connectivity index (χ2v) is 7.42. The monoisotopic (exact) mass is 416 g/mol. The summed E-state index contributed by atoms with van der Waals surface area (Å²) in [5, 5.41) is 5.71. The summed E-state index contributed by atoms with van der Waals surface area (Å²) in [5.41, 5.74) is 10.1. The SMILES string of the molecule is Nc1cc(-c2ccccc2)ccc1NC(=O)CCCCCCC(=O)Nc1cccnc1. The lowest BCUT2D eigenvalue weighted by Crippen LogP contribution is -2.12. The van der Waals surface area contributed by atoms with Crippen LogP contribution in [0.5, 0.6) is 0 Å². The van der Waals surface area contributed by atoms with E-state index in [1.165, 1.54) is 0 Å². The molecule has 3 aromatic rings. The normalized spacial score (nSPS) is 10.5. The molecule has 2 amide bonds. The number of benzene rings is 2. The maximum atomic E-state index is 12.2. The molecule has 0 saturated carbocycles. The van der Waals surface area contributed by atoms with Crippen LogP contribution in [0.4, 0.5) is 17.1 Å². The van der Waals surface area contributed by atoms with Crippen LogP contribution in [-0.2, 0) is 9.59 Å². The highest BCUT2D eigenvalue weighted by molar-refractivity contribution is 5.94. The first-order valence-corrected chi connectivity index (χ1v) is 10.6. The Bertz CT molecular complexity index is 991. The maximum absolute atomic E-state index is 12.2. The first-order chi connectivity index (χ1) is 15.1. The molecule has 2 aromatic carbocycles. The van der Waals surface area contributed by atoms with E-state index in [2.05, 4.69) is 15.6 Å². The van der Waals surface area contributed by atoms with Crippen molar-refractivity contribution in [1.29, 1.82) is 0 Å². The van der Waals surface area contributed by atoms with E-state index >= 15 is 0 Å². The zero-order valence-electron chi connectivity index (χ0n) is 17.5. The van der Waals surface area contributed by atoms with Crippen molar-refractivity contribution in [3.63, 3.8) is 0 Å². The van der Waals surface area contributed by atoms with Crippen LogP contribution in [0.25, 0.3) is 11.1 Å². The summed E-state index contributed by atoms with van der Waals surface area (Å²) < 4.78 is 0. The van der Waals surface area contributed by atoms with Gasteiger partial charge in [-0.3, -0.25) is 14.6 Å². The van der Waals surface area contributed by atoms with E-state index in [1.807, 2.05) is 54.6 Å². The van der Waals surface area contributed by atoms with E-state index in [1.54, 1.807) is 18.5 Å². The molecular formula is C25H28N4O2. The van der Waals surface area contributed by atoms with Gasteiger partial charge >= 0.3 is 0 Å². The second kappa shape index (κ2) is 11.5. The summed E-state index contributed by atoms with van der Waals surface area (Å²) in [6.45, 7) is 0. The third-order valence-electron chi connectivity index (χ3n) is 4.94. The largest absolute Gasteiger partial charge is 0.397 e. The molecule has 1 heterocycles. The number of pyridine rings is 1. The van der Waals surface area contributed by atoms with Crippen LogP contribution in [0, 0.1) is 0 Å². The summed E-state index contributed by atoms with van der Waals surface area (Å²) in [6, 6.07) is 19.2. The number of anilines is 3. The lowest BCUT2D eigenvalue weighted by atomic mass is 10.0. The Morgan fingerprint density at radius 2 is 1.48 bits per heavy atom. The van der Waals surface area contributed by atoms with Gasteiger partial charge in [0.2, 0.25) is 11.8 Å². The molecule has 160 valence electrons. The van der Waals surface area contributed by atoms with Gasteiger partial charge in [-0.2, -0.15) is 0 Å². The molecular weight excluding hydrogens is 388 g/mol. The fourth-order valence-electron chi connectivity index (χ4n) is 3.28. The minimum absolute atomic E-state index is 0.0137. The van der Waals surface area contributed by atoms with Crippen molar-refractivity contribution in [1.82, 2.24) is 4.98 Å². The number of aromatic nitrogens is 1. The molecule has 0 bridgehead atoms. The number of amides is 2. The van der Waals surface area contributed by atoms with Gasteiger partial charge in [-0.15, -0.1) is 0 Å². The molecule has 6 nitrogen and oxygen atoms in total. The van der Waals surface area contributed by atoms with Gasteiger partial charge in [0.25, 0.3) is 0 Å². The number of nitrogen functional groups attached to an aromatic ring is 1. The van der Waals surface area contributed by atoms with E-state index in [-0.39, 0.29) is 11.8 Å². The minimum atomic E-state index is -0.0477. The van der Waals surface area contributed by atoms with Gasteiger partial charge in [0.05, 0.1) is 23.3 Å². The molecule has 31 heavy (non-hydrogen) atoms. The predicted molar refractivity (Wildman–Crippen MR) is 125 cm³/mol. The third kappa shape index (κ3) is 7.26. The lowest BCUT2D eigenvalue weighted by Gasteiger charge is -2.10. The molecule has 0 fully saturated rings. The van der Waals surface area contributed by atoms with E-state index in [9.17, 15) is 9.59 Å². The quantitative estimate of drug-likeness (QED) is 0.311. The van der Waals surface area contributed by atoms with Gasteiger partial charge < -0.3 is 16.4 Å². The first kappa shape index (κ1) is 22.0. The number of unbranched alkanes of at least 4 members (excludes halogenated alkanes) is 3. The van der Waals surface area contributed by atoms with Gasteiger partial charge in [-0.25, -0.2) is 0 Å². The number of hydrogen-bond donors (Lipinski definition) is 3. The molecule has 1 aromatic heterocycles. The number of nitrogens with one attached hydrogen (secondary N) is 2. The molecule has 0 spiro atoms. The average molecular weight is 417 g/mol. The molecule has 3 rings (SSSR count). The molecule has 6 heteroatoms. The molecule has 0 aliphatic heterocycles.